The van der Waals surface area contributed by atoms with Crippen molar-refractivity contribution in [2.75, 3.05) is 13.1 Å². The van der Waals surface area contributed by atoms with Crippen LogP contribution >= 0.6 is 0 Å². The summed E-state index contributed by atoms with van der Waals surface area (Å²) in [6.07, 6.45) is 7.36. The highest BCUT2D eigenvalue weighted by atomic mass is 15.1. The van der Waals surface area contributed by atoms with Gasteiger partial charge in [0.2, 0.25) is 0 Å². The zero-order valence-electron chi connectivity index (χ0n) is 14.2. The molecule has 122 valence electrons. The van der Waals surface area contributed by atoms with E-state index < -0.39 is 0 Å². The van der Waals surface area contributed by atoms with Crippen molar-refractivity contribution in [1.29, 1.82) is 0 Å². The van der Waals surface area contributed by atoms with Crippen LogP contribution in [0.5, 0.6) is 0 Å². The summed E-state index contributed by atoms with van der Waals surface area (Å²) >= 11 is 0. The van der Waals surface area contributed by atoms with E-state index in [4.69, 9.17) is 0 Å². The van der Waals surface area contributed by atoms with Crippen LogP contribution in [0.3, 0.4) is 0 Å². The second kappa shape index (κ2) is 6.21. The van der Waals surface area contributed by atoms with Gasteiger partial charge < -0.3 is 4.98 Å². The summed E-state index contributed by atoms with van der Waals surface area (Å²) in [4.78, 5) is 14.6. The highest BCUT2D eigenvalue weighted by molar-refractivity contribution is 5.90. The van der Waals surface area contributed by atoms with E-state index in [-0.39, 0.29) is 0 Å². The van der Waals surface area contributed by atoms with E-state index in [1.807, 2.05) is 12.3 Å². The molecule has 0 saturated heterocycles. The van der Waals surface area contributed by atoms with E-state index in [2.05, 4.69) is 64.2 Å². The van der Waals surface area contributed by atoms with E-state index in [0.29, 0.717) is 0 Å². The Morgan fingerprint density at radius 3 is 2.79 bits per heavy atom. The van der Waals surface area contributed by atoms with Gasteiger partial charge in [0.05, 0.1) is 0 Å². The highest BCUT2D eigenvalue weighted by Crippen LogP contribution is 2.28. The maximum absolute atomic E-state index is 4.46. The summed E-state index contributed by atoms with van der Waals surface area (Å²) < 4.78 is 0. The molecular formula is C20H22N4. The molecule has 3 aromatic heterocycles. The molecule has 4 nitrogen and oxygen atoms in total. The fraction of sp³-hybridized carbons (Fsp3) is 0.300. The number of rotatable bonds is 3. The predicted molar refractivity (Wildman–Crippen MR) is 97.7 cm³/mol. The third-order valence-electron chi connectivity index (χ3n) is 4.64. The number of fused-ring (bicyclic) bond motifs is 1. The van der Waals surface area contributed by atoms with Crippen molar-refractivity contribution in [3.63, 3.8) is 0 Å². The van der Waals surface area contributed by atoms with E-state index >= 15 is 0 Å². The lowest BCUT2D eigenvalue weighted by molar-refractivity contribution is 0.293. The first kappa shape index (κ1) is 15.1. The second-order valence-corrected chi connectivity index (χ2v) is 6.57. The van der Waals surface area contributed by atoms with Crippen molar-refractivity contribution < 1.29 is 0 Å². The zero-order chi connectivity index (χ0) is 16.5. The van der Waals surface area contributed by atoms with Gasteiger partial charge in [0.25, 0.3) is 0 Å². The topological polar surface area (TPSA) is 44.8 Å². The van der Waals surface area contributed by atoms with Crippen LogP contribution in [0.15, 0.2) is 42.7 Å². The number of nitrogens with zero attached hydrogens (tertiary/aromatic N) is 3. The van der Waals surface area contributed by atoms with E-state index in [1.54, 1.807) is 0 Å². The molecule has 1 aliphatic rings. The van der Waals surface area contributed by atoms with Gasteiger partial charge >= 0.3 is 0 Å². The van der Waals surface area contributed by atoms with Gasteiger partial charge in [0, 0.05) is 54.4 Å². The Morgan fingerprint density at radius 2 is 2.04 bits per heavy atom. The lowest BCUT2D eigenvalue weighted by atomic mass is 9.99. The molecule has 0 fully saturated rings. The number of aromatic nitrogens is 3. The number of hydrogen-bond donors (Lipinski definition) is 1. The summed E-state index contributed by atoms with van der Waals surface area (Å²) in [6, 6.07) is 8.53. The number of aryl methyl sites for hydroxylation is 2. The summed E-state index contributed by atoms with van der Waals surface area (Å²) in [7, 11) is 0. The Kier molecular flexibility index (Phi) is 3.90. The monoisotopic (exact) mass is 318 g/mol. The zero-order valence-corrected chi connectivity index (χ0v) is 14.2. The highest BCUT2D eigenvalue weighted by Gasteiger charge is 2.16. The maximum Gasteiger partial charge on any atom is 0.137 e. The predicted octanol–water partition coefficient (Wildman–Crippen LogP) is 3.86. The van der Waals surface area contributed by atoms with Crippen LogP contribution in [0.4, 0.5) is 0 Å². The third kappa shape index (κ3) is 2.97. The first-order valence-electron chi connectivity index (χ1n) is 8.47. The lowest BCUT2D eigenvalue weighted by Crippen LogP contribution is -2.28. The Morgan fingerprint density at radius 1 is 1.21 bits per heavy atom. The summed E-state index contributed by atoms with van der Waals surface area (Å²) in [6.45, 7) is 7.19. The Hall–Kier alpha value is -2.46. The number of hydrogen-bond acceptors (Lipinski definition) is 3. The van der Waals surface area contributed by atoms with Gasteiger partial charge in [0.15, 0.2) is 0 Å². The molecule has 1 N–H and O–H groups in total. The van der Waals surface area contributed by atoms with Gasteiger partial charge in [0.1, 0.15) is 5.65 Å². The smallest absolute Gasteiger partial charge is 0.137 e. The Bertz CT molecular complexity index is 887. The largest absolute Gasteiger partial charge is 0.346 e. The van der Waals surface area contributed by atoms with Crippen molar-refractivity contribution in [3.05, 3.63) is 65.2 Å². The Balaban J connectivity index is 1.51. The molecule has 4 heteroatoms. The van der Waals surface area contributed by atoms with Crippen molar-refractivity contribution >= 4 is 16.6 Å². The van der Waals surface area contributed by atoms with Gasteiger partial charge in [-0.15, -0.1) is 0 Å². The molecule has 3 aromatic rings. The molecular weight excluding hydrogens is 296 g/mol. The molecule has 0 amide bonds. The standard InChI is InChI=1S/C20H22N4/c1-14-10-16(11-15(2)23-14)13-24-8-5-17(6-9-24)19-12-22-20-18(19)4-3-7-21-20/h3-5,7,10-12H,6,8-9,13H2,1-2H3,(H,21,22). The third-order valence-corrected chi connectivity index (χ3v) is 4.64. The number of aromatic amines is 1. The van der Waals surface area contributed by atoms with E-state index in [9.17, 15) is 0 Å². The first-order chi connectivity index (χ1) is 11.7. The number of pyridine rings is 2. The first-order valence-corrected chi connectivity index (χ1v) is 8.47. The fourth-order valence-electron chi connectivity index (χ4n) is 3.59. The normalized spacial score (nSPS) is 15.7. The van der Waals surface area contributed by atoms with Gasteiger partial charge in [-0.2, -0.15) is 0 Å². The molecule has 4 heterocycles. The van der Waals surface area contributed by atoms with Crippen LogP contribution in [0.1, 0.15) is 28.9 Å². The van der Waals surface area contributed by atoms with Crippen LogP contribution in [-0.2, 0) is 6.54 Å². The molecule has 0 aromatic carbocycles. The van der Waals surface area contributed by atoms with Gasteiger partial charge in [-0.25, -0.2) is 4.98 Å². The minimum Gasteiger partial charge on any atom is -0.346 e. The van der Waals surface area contributed by atoms with Crippen LogP contribution in [0, 0.1) is 13.8 Å². The second-order valence-electron chi connectivity index (χ2n) is 6.57. The molecule has 0 unspecified atom stereocenters. The fourth-order valence-corrected chi connectivity index (χ4v) is 3.59. The SMILES string of the molecule is Cc1cc(CN2CC=C(c3c[nH]c4ncccc34)CC2)cc(C)n1. The lowest BCUT2D eigenvalue weighted by Gasteiger charge is -2.26. The average molecular weight is 318 g/mol. The molecule has 0 aliphatic carbocycles. The quantitative estimate of drug-likeness (QED) is 0.797. The molecule has 1 aliphatic heterocycles. The Labute approximate surface area is 142 Å². The van der Waals surface area contributed by atoms with E-state index in [1.165, 1.54) is 22.1 Å². The van der Waals surface area contributed by atoms with Crippen molar-refractivity contribution in [2.24, 2.45) is 0 Å². The van der Waals surface area contributed by atoms with E-state index in [0.717, 1.165) is 43.1 Å². The molecule has 0 radical (unpaired) electrons. The maximum atomic E-state index is 4.46. The minimum atomic E-state index is 0.971. The molecule has 0 saturated carbocycles. The summed E-state index contributed by atoms with van der Waals surface area (Å²) in [5.41, 5.74) is 7.25. The number of nitrogens with one attached hydrogen (secondary N) is 1. The van der Waals surface area contributed by atoms with Crippen LogP contribution in [0.2, 0.25) is 0 Å². The van der Waals surface area contributed by atoms with Gasteiger partial charge in [-0.1, -0.05) is 6.08 Å². The van der Waals surface area contributed by atoms with Crippen molar-refractivity contribution in [1.82, 2.24) is 19.9 Å². The van der Waals surface area contributed by atoms with Gasteiger partial charge in [-0.05, 0) is 55.7 Å². The molecule has 24 heavy (non-hydrogen) atoms. The summed E-state index contributed by atoms with van der Waals surface area (Å²) in [5.74, 6) is 0. The van der Waals surface area contributed by atoms with Crippen LogP contribution in [-0.4, -0.2) is 32.9 Å². The molecule has 0 atom stereocenters. The summed E-state index contributed by atoms with van der Waals surface area (Å²) in [5, 5.41) is 1.22. The van der Waals surface area contributed by atoms with Gasteiger partial charge in [-0.3, -0.25) is 9.88 Å². The number of H-pyrrole nitrogens is 1. The average Bonchev–Trinajstić information content (AvgIpc) is 2.99. The van der Waals surface area contributed by atoms with Crippen LogP contribution < -0.4 is 0 Å². The molecule has 0 bridgehead atoms. The van der Waals surface area contributed by atoms with Crippen LogP contribution in [0.25, 0.3) is 16.6 Å². The molecule has 0 spiro atoms. The molecule has 4 rings (SSSR count). The van der Waals surface area contributed by atoms with Crippen molar-refractivity contribution in [2.45, 2.75) is 26.8 Å². The van der Waals surface area contributed by atoms with Crippen molar-refractivity contribution in [3.8, 4) is 0 Å². The minimum absolute atomic E-state index is 0.971.